The highest BCUT2D eigenvalue weighted by Crippen LogP contribution is 2.27. The molecule has 0 bridgehead atoms. The molecule has 9 nitrogen and oxygen atoms in total. The number of carbonyl (C=O) groups excluding carboxylic acids is 1. The van der Waals surface area contributed by atoms with Crippen molar-refractivity contribution in [3.05, 3.63) is 53.1 Å². The van der Waals surface area contributed by atoms with E-state index in [2.05, 4.69) is 5.32 Å². The summed E-state index contributed by atoms with van der Waals surface area (Å²) < 4.78 is 58.6. The van der Waals surface area contributed by atoms with E-state index < -0.39 is 26.0 Å². The summed E-state index contributed by atoms with van der Waals surface area (Å²) in [6.07, 6.45) is 3.57. The average molecular weight is 544 g/mol. The third-order valence-corrected chi connectivity index (χ3v) is 9.84. The van der Waals surface area contributed by atoms with Gasteiger partial charge in [-0.15, -0.1) is 0 Å². The van der Waals surface area contributed by atoms with Gasteiger partial charge in [0.15, 0.2) is 0 Å². The number of halogens is 1. The topological polar surface area (TPSA) is 113 Å². The Balaban J connectivity index is 1.59. The number of rotatable bonds is 9. The van der Waals surface area contributed by atoms with Gasteiger partial charge >= 0.3 is 0 Å². The Kier molecular flexibility index (Phi) is 9.16. The molecule has 1 heterocycles. The van der Waals surface area contributed by atoms with Crippen LogP contribution in [0.25, 0.3) is 0 Å². The highest BCUT2D eigenvalue weighted by Gasteiger charge is 2.28. The first-order valence-electron chi connectivity index (χ1n) is 11.3. The molecule has 0 aromatic heterocycles. The fourth-order valence-electron chi connectivity index (χ4n) is 3.62. The first-order valence-corrected chi connectivity index (χ1v) is 14.5. The van der Waals surface area contributed by atoms with Crippen molar-refractivity contribution in [1.29, 1.82) is 0 Å². The lowest BCUT2D eigenvalue weighted by Gasteiger charge is -2.21. The van der Waals surface area contributed by atoms with E-state index in [1.165, 1.54) is 60.9 Å². The van der Waals surface area contributed by atoms with Crippen molar-refractivity contribution in [3.8, 4) is 5.75 Å². The molecule has 12 heteroatoms. The van der Waals surface area contributed by atoms with Gasteiger partial charge in [0, 0.05) is 32.7 Å². The monoisotopic (exact) mass is 543 g/mol. The third kappa shape index (κ3) is 6.73. The molecule has 1 amide bonds. The van der Waals surface area contributed by atoms with Gasteiger partial charge in [-0.25, -0.2) is 21.1 Å². The number of sulfonamides is 2. The maximum absolute atomic E-state index is 13.1. The molecule has 0 spiro atoms. The summed E-state index contributed by atoms with van der Waals surface area (Å²) in [7, 11) is -4.41. The number of ether oxygens (including phenoxy) is 1. The molecule has 2 aromatic rings. The smallest absolute Gasteiger partial charge is 0.251 e. The van der Waals surface area contributed by atoms with E-state index in [-0.39, 0.29) is 33.5 Å². The highest BCUT2D eigenvalue weighted by atomic mass is 35.5. The average Bonchev–Trinajstić information content (AvgIpc) is 3.12. The van der Waals surface area contributed by atoms with Gasteiger partial charge in [-0.2, -0.15) is 4.31 Å². The van der Waals surface area contributed by atoms with Gasteiger partial charge in [-0.05, 0) is 55.3 Å². The van der Waals surface area contributed by atoms with Crippen molar-refractivity contribution in [1.82, 2.24) is 13.9 Å². The Hall–Kier alpha value is -2.18. The van der Waals surface area contributed by atoms with Gasteiger partial charge in [-0.3, -0.25) is 4.79 Å². The zero-order valence-electron chi connectivity index (χ0n) is 19.7. The molecule has 0 atom stereocenters. The summed E-state index contributed by atoms with van der Waals surface area (Å²) in [5.41, 5.74) is 0.182. The summed E-state index contributed by atoms with van der Waals surface area (Å²) in [6.45, 7) is 1.18. The zero-order chi connectivity index (χ0) is 25.6. The second kappa shape index (κ2) is 11.7. The van der Waals surface area contributed by atoms with E-state index in [0.717, 1.165) is 30.0 Å². The minimum atomic E-state index is -3.80. The number of nitrogens with zero attached hydrogens (tertiary/aromatic N) is 2. The Morgan fingerprint density at radius 2 is 1.63 bits per heavy atom. The lowest BCUT2D eigenvalue weighted by Crippen LogP contribution is -2.32. The highest BCUT2D eigenvalue weighted by molar-refractivity contribution is 7.89. The Morgan fingerprint density at radius 3 is 2.23 bits per heavy atom. The molecular formula is C23H30ClN3O6S2. The molecule has 1 aliphatic heterocycles. The fraction of sp³-hybridized carbons (Fsp3) is 0.435. The summed E-state index contributed by atoms with van der Waals surface area (Å²) >= 11 is 6.20. The molecule has 35 heavy (non-hydrogen) atoms. The van der Waals surface area contributed by atoms with Crippen LogP contribution in [-0.2, 0) is 20.0 Å². The molecule has 1 saturated heterocycles. The molecule has 0 saturated carbocycles. The van der Waals surface area contributed by atoms with Gasteiger partial charge in [0.2, 0.25) is 20.0 Å². The molecular weight excluding hydrogens is 514 g/mol. The summed E-state index contributed by atoms with van der Waals surface area (Å²) in [5, 5.41) is 2.77. The van der Waals surface area contributed by atoms with Crippen LogP contribution in [0.2, 0.25) is 5.02 Å². The quantitative estimate of drug-likeness (QED) is 0.486. The first-order chi connectivity index (χ1) is 16.5. The zero-order valence-corrected chi connectivity index (χ0v) is 22.1. The number of amides is 1. The summed E-state index contributed by atoms with van der Waals surface area (Å²) in [6, 6.07) is 10.2. The van der Waals surface area contributed by atoms with Crippen molar-refractivity contribution >= 4 is 37.6 Å². The molecule has 0 unspecified atom stereocenters. The Labute approximate surface area is 212 Å². The van der Waals surface area contributed by atoms with E-state index in [0.29, 0.717) is 18.8 Å². The van der Waals surface area contributed by atoms with E-state index in [4.69, 9.17) is 16.3 Å². The third-order valence-electron chi connectivity index (χ3n) is 5.63. The molecule has 3 rings (SSSR count). The van der Waals surface area contributed by atoms with Crippen LogP contribution in [0.4, 0.5) is 0 Å². The van der Waals surface area contributed by atoms with Crippen molar-refractivity contribution in [3.63, 3.8) is 0 Å². The van der Waals surface area contributed by atoms with Crippen molar-refractivity contribution < 1.29 is 26.4 Å². The van der Waals surface area contributed by atoms with Gasteiger partial charge in [0.1, 0.15) is 17.3 Å². The number of hydrogen-bond acceptors (Lipinski definition) is 6. The summed E-state index contributed by atoms with van der Waals surface area (Å²) in [5.74, 6) is -0.000662. The summed E-state index contributed by atoms with van der Waals surface area (Å²) in [4.78, 5) is 12.7. The van der Waals surface area contributed by atoms with Crippen LogP contribution in [0.5, 0.6) is 5.75 Å². The van der Waals surface area contributed by atoms with E-state index >= 15 is 0 Å². The fourth-order valence-corrected chi connectivity index (χ4v) is 6.54. The second-order valence-electron chi connectivity index (χ2n) is 8.33. The molecule has 2 aromatic carbocycles. The van der Waals surface area contributed by atoms with Gasteiger partial charge in [-0.1, -0.05) is 24.4 Å². The van der Waals surface area contributed by atoms with Crippen LogP contribution >= 0.6 is 11.6 Å². The number of benzene rings is 2. The standard InChI is InChI=1S/C23H30ClN3O6S2/c1-26(2)34(29,30)20-10-8-19(9-11-20)33-16-13-25-23(28)18-7-12-21(24)22(17-18)35(31,32)27-14-5-3-4-6-15-27/h7-12,17H,3-6,13-16H2,1-2H3,(H,25,28). The van der Waals surface area contributed by atoms with Crippen molar-refractivity contribution in [2.45, 2.75) is 35.5 Å². The van der Waals surface area contributed by atoms with Crippen LogP contribution < -0.4 is 10.1 Å². The molecule has 0 radical (unpaired) electrons. The van der Waals surface area contributed by atoms with Crippen LogP contribution in [-0.4, -0.2) is 71.7 Å². The number of carbonyl (C=O) groups is 1. The van der Waals surface area contributed by atoms with E-state index in [9.17, 15) is 21.6 Å². The maximum atomic E-state index is 13.1. The first kappa shape index (κ1) is 27.4. The Bertz CT molecular complexity index is 1240. The van der Waals surface area contributed by atoms with Crippen LogP contribution in [0, 0.1) is 0 Å². The molecule has 1 aliphatic rings. The minimum absolute atomic E-state index is 0.0715. The van der Waals surface area contributed by atoms with Gasteiger partial charge in [0.25, 0.3) is 5.91 Å². The van der Waals surface area contributed by atoms with Crippen LogP contribution in [0.15, 0.2) is 52.3 Å². The largest absolute Gasteiger partial charge is 0.492 e. The van der Waals surface area contributed by atoms with Crippen molar-refractivity contribution in [2.24, 2.45) is 0 Å². The second-order valence-corrected chi connectivity index (χ2v) is 12.8. The van der Waals surface area contributed by atoms with Crippen LogP contribution in [0.3, 0.4) is 0 Å². The lowest BCUT2D eigenvalue weighted by atomic mass is 10.2. The number of nitrogens with one attached hydrogen (secondary N) is 1. The van der Waals surface area contributed by atoms with Crippen molar-refractivity contribution in [2.75, 3.05) is 40.3 Å². The lowest BCUT2D eigenvalue weighted by molar-refractivity contribution is 0.0946. The SMILES string of the molecule is CN(C)S(=O)(=O)c1ccc(OCCNC(=O)c2ccc(Cl)c(S(=O)(=O)N3CCCCCC3)c2)cc1. The minimum Gasteiger partial charge on any atom is -0.492 e. The van der Waals surface area contributed by atoms with E-state index in [1.54, 1.807) is 0 Å². The molecule has 0 aliphatic carbocycles. The van der Waals surface area contributed by atoms with Gasteiger partial charge < -0.3 is 10.1 Å². The van der Waals surface area contributed by atoms with Gasteiger partial charge in [0.05, 0.1) is 16.5 Å². The number of hydrogen-bond donors (Lipinski definition) is 1. The predicted molar refractivity (Wildman–Crippen MR) is 134 cm³/mol. The van der Waals surface area contributed by atoms with Crippen LogP contribution in [0.1, 0.15) is 36.0 Å². The normalized spacial score (nSPS) is 15.5. The Morgan fingerprint density at radius 1 is 1.00 bits per heavy atom. The molecule has 192 valence electrons. The van der Waals surface area contributed by atoms with E-state index in [1.807, 2.05) is 0 Å². The molecule has 1 fully saturated rings. The predicted octanol–water partition coefficient (Wildman–Crippen LogP) is 2.96. The molecule has 1 N–H and O–H groups in total. The maximum Gasteiger partial charge on any atom is 0.251 e.